The average molecular weight is 475 g/mol. The smallest absolute Gasteiger partial charge is 0.239 e. The second-order valence-electron chi connectivity index (χ2n) is 9.71. The van der Waals surface area contributed by atoms with Crippen molar-refractivity contribution >= 4 is 22.8 Å². The number of rotatable bonds is 7. The number of fused-ring (bicyclic) bond motifs is 2. The van der Waals surface area contributed by atoms with Crippen LogP contribution < -0.4 is 10.6 Å². The predicted molar refractivity (Wildman–Crippen MR) is 135 cm³/mol. The van der Waals surface area contributed by atoms with Crippen molar-refractivity contribution in [2.24, 2.45) is 7.05 Å². The molecule has 5 rings (SSSR count). The van der Waals surface area contributed by atoms with Gasteiger partial charge in [0.05, 0.1) is 17.6 Å². The Morgan fingerprint density at radius 3 is 2.69 bits per heavy atom. The molecule has 0 radical (unpaired) electrons. The fraction of sp³-hybridized carbons (Fsp3) is 0.444. The van der Waals surface area contributed by atoms with Gasteiger partial charge in [-0.2, -0.15) is 0 Å². The SMILES string of the molecule is CN1[C@@H](CCC(=O)NCc2ccccc2)CNC(=O)[C@@H]2[C@H]1CCN2Cc1nc2ccccc2n1C. The molecule has 1 aromatic heterocycles. The highest BCUT2D eigenvalue weighted by Gasteiger charge is 2.45. The van der Waals surface area contributed by atoms with Crippen LogP contribution in [0.15, 0.2) is 54.6 Å². The molecule has 2 N–H and O–H groups in total. The third-order valence-corrected chi connectivity index (χ3v) is 7.61. The number of amides is 2. The van der Waals surface area contributed by atoms with Crippen LogP contribution in [-0.2, 0) is 29.7 Å². The van der Waals surface area contributed by atoms with E-state index in [1.54, 1.807) is 0 Å². The number of imidazole rings is 1. The van der Waals surface area contributed by atoms with E-state index in [2.05, 4.69) is 38.1 Å². The fourth-order valence-electron chi connectivity index (χ4n) is 5.53. The Kier molecular flexibility index (Phi) is 6.83. The summed E-state index contributed by atoms with van der Waals surface area (Å²) in [4.78, 5) is 35.0. The second-order valence-corrected chi connectivity index (χ2v) is 9.71. The lowest BCUT2D eigenvalue weighted by atomic mass is 10.0. The zero-order chi connectivity index (χ0) is 24.4. The van der Waals surface area contributed by atoms with Crippen molar-refractivity contribution < 1.29 is 9.59 Å². The first kappa shape index (κ1) is 23.5. The number of benzene rings is 2. The normalized spacial score (nSPS) is 23.1. The van der Waals surface area contributed by atoms with Gasteiger partial charge in [0.15, 0.2) is 0 Å². The average Bonchev–Trinajstić information content (AvgIpc) is 3.40. The molecule has 3 heterocycles. The third-order valence-electron chi connectivity index (χ3n) is 7.61. The van der Waals surface area contributed by atoms with E-state index in [0.29, 0.717) is 32.5 Å². The maximum absolute atomic E-state index is 13.2. The summed E-state index contributed by atoms with van der Waals surface area (Å²) in [5.74, 6) is 1.09. The van der Waals surface area contributed by atoms with E-state index in [1.165, 1.54) is 0 Å². The molecule has 0 saturated carbocycles. The van der Waals surface area contributed by atoms with Gasteiger partial charge in [0, 0.05) is 45.2 Å². The van der Waals surface area contributed by atoms with Gasteiger partial charge >= 0.3 is 0 Å². The van der Waals surface area contributed by atoms with E-state index < -0.39 is 0 Å². The van der Waals surface area contributed by atoms with Crippen LogP contribution in [0.25, 0.3) is 11.0 Å². The van der Waals surface area contributed by atoms with E-state index in [9.17, 15) is 9.59 Å². The number of aromatic nitrogens is 2. The summed E-state index contributed by atoms with van der Waals surface area (Å²) in [5.41, 5.74) is 3.18. The molecule has 2 fully saturated rings. The van der Waals surface area contributed by atoms with Crippen LogP contribution in [0.4, 0.5) is 0 Å². The van der Waals surface area contributed by atoms with Gasteiger partial charge in [-0.1, -0.05) is 42.5 Å². The number of hydrogen-bond donors (Lipinski definition) is 2. The maximum atomic E-state index is 13.2. The van der Waals surface area contributed by atoms with Gasteiger partial charge in [0.25, 0.3) is 0 Å². The van der Waals surface area contributed by atoms with Crippen molar-refractivity contribution in [2.45, 2.75) is 50.5 Å². The number of nitrogens with zero attached hydrogens (tertiary/aromatic N) is 4. The molecule has 2 aromatic carbocycles. The summed E-state index contributed by atoms with van der Waals surface area (Å²) in [6.07, 6.45) is 2.08. The van der Waals surface area contributed by atoms with Gasteiger partial charge in [-0.15, -0.1) is 0 Å². The minimum absolute atomic E-state index is 0.0456. The summed E-state index contributed by atoms with van der Waals surface area (Å²) in [6, 6.07) is 18.1. The number of nitrogens with one attached hydrogen (secondary N) is 2. The van der Waals surface area contributed by atoms with Crippen LogP contribution in [0.3, 0.4) is 0 Å². The Balaban J connectivity index is 1.20. The summed E-state index contributed by atoms with van der Waals surface area (Å²) in [5, 5.41) is 6.17. The largest absolute Gasteiger partial charge is 0.353 e. The van der Waals surface area contributed by atoms with Crippen molar-refractivity contribution in [1.29, 1.82) is 0 Å². The Bertz CT molecular complexity index is 1190. The molecule has 0 spiro atoms. The molecular formula is C27H34N6O2. The van der Waals surface area contributed by atoms with E-state index >= 15 is 0 Å². The van der Waals surface area contributed by atoms with Crippen molar-refractivity contribution in [2.75, 3.05) is 20.1 Å². The number of likely N-dealkylation sites (tertiary alicyclic amines) is 1. The van der Waals surface area contributed by atoms with Crippen LogP contribution >= 0.6 is 0 Å². The monoisotopic (exact) mass is 474 g/mol. The Hall–Kier alpha value is -3.23. The van der Waals surface area contributed by atoms with Gasteiger partial charge in [-0.3, -0.25) is 19.4 Å². The number of hydrogen-bond acceptors (Lipinski definition) is 5. The molecule has 2 amide bonds. The quantitative estimate of drug-likeness (QED) is 0.548. The van der Waals surface area contributed by atoms with E-state index in [0.717, 1.165) is 35.4 Å². The minimum Gasteiger partial charge on any atom is -0.353 e. The van der Waals surface area contributed by atoms with Gasteiger partial charge in [0.2, 0.25) is 11.8 Å². The van der Waals surface area contributed by atoms with Crippen LogP contribution in [0, 0.1) is 0 Å². The standard InChI is InChI=1S/C27H34N6O2/c1-31-20(12-13-25(34)28-16-19-8-4-3-5-9-19)17-29-27(35)26-23(31)14-15-33(26)18-24-30-21-10-6-7-11-22(21)32(24)2/h3-11,20,23,26H,12-18H2,1-2H3,(H,28,34)(H,29,35)/t20-,23+,26-/m0/s1. The van der Waals surface area contributed by atoms with E-state index in [4.69, 9.17) is 4.98 Å². The van der Waals surface area contributed by atoms with Crippen LogP contribution in [-0.4, -0.2) is 69.4 Å². The van der Waals surface area contributed by atoms with E-state index in [1.807, 2.05) is 55.6 Å². The second kappa shape index (κ2) is 10.2. The molecular weight excluding hydrogens is 440 g/mol. The minimum atomic E-state index is -0.211. The van der Waals surface area contributed by atoms with Crippen molar-refractivity contribution in [3.63, 3.8) is 0 Å². The zero-order valence-electron chi connectivity index (χ0n) is 20.5. The predicted octanol–water partition coefficient (Wildman–Crippen LogP) is 2.04. The van der Waals surface area contributed by atoms with Crippen molar-refractivity contribution in [3.05, 3.63) is 66.0 Å². The number of carbonyl (C=O) groups is 2. The van der Waals surface area contributed by atoms with Gasteiger partial charge in [0.1, 0.15) is 11.9 Å². The first-order valence-corrected chi connectivity index (χ1v) is 12.5. The molecule has 8 nitrogen and oxygen atoms in total. The van der Waals surface area contributed by atoms with Crippen LogP contribution in [0.5, 0.6) is 0 Å². The molecule has 2 aliphatic rings. The summed E-state index contributed by atoms with van der Waals surface area (Å²) in [6.45, 7) is 2.59. The van der Waals surface area contributed by atoms with Gasteiger partial charge in [-0.05, 0) is 37.6 Å². The van der Waals surface area contributed by atoms with Gasteiger partial charge in [-0.25, -0.2) is 4.98 Å². The molecule has 2 aliphatic heterocycles. The summed E-state index contributed by atoms with van der Waals surface area (Å²) in [7, 11) is 4.14. The first-order valence-electron chi connectivity index (χ1n) is 12.5. The summed E-state index contributed by atoms with van der Waals surface area (Å²) < 4.78 is 2.12. The molecule has 3 aromatic rings. The highest BCUT2D eigenvalue weighted by Crippen LogP contribution is 2.29. The topological polar surface area (TPSA) is 82.5 Å². The Labute approximate surface area is 206 Å². The molecule has 0 unspecified atom stereocenters. The molecule has 2 saturated heterocycles. The molecule has 3 atom stereocenters. The van der Waals surface area contributed by atoms with Crippen molar-refractivity contribution in [1.82, 2.24) is 30.0 Å². The van der Waals surface area contributed by atoms with Crippen LogP contribution in [0.2, 0.25) is 0 Å². The zero-order valence-corrected chi connectivity index (χ0v) is 20.5. The number of carbonyl (C=O) groups excluding carboxylic acids is 2. The van der Waals surface area contributed by atoms with Crippen molar-refractivity contribution in [3.8, 4) is 0 Å². The number of para-hydroxylation sites is 2. The molecule has 35 heavy (non-hydrogen) atoms. The highest BCUT2D eigenvalue weighted by molar-refractivity contribution is 5.83. The van der Waals surface area contributed by atoms with Gasteiger partial charge < -0.3 is 15.2 Å². The lowest BCUT2D eigenvalue weighted by molar-refractivity contribution is -0.126. The maximum Gasteiger partial charge on any atom is 0.239 e. The molecule has 0 bridgehead atoms. The lowest BCUT2D eigenvalue weighted by Gasteiger charge is -2.33. The summed E-state index contributed by atoms with van der Waals surface area (Å²) >= 11 is 0. The fourth-order valence-corrected chi connectivity index (χ4v) is 5.53. The third kappa shape index (κ3) is 4.94. The molecule has 0 aliphatic carbocycles. The Morgan fingerprint density at radius 1 is 1.11 bits per heavy atom. The molecule has 8 heteroatoms. The number of aryl methyl sites for hydroxylation is 1. The van der Waals surface area contributed by atoms with Crippen LogP contribution in [0.1, 0.15) is 30.7 Å². The lowest BCUT2D eigenvalue weighted by Crippen LogP contribution is -2.49. The Morgan fingerprint density at radius 2 is 1.89 bits per heavy atom. The number of likely N-dealkylation sites (N-methyl/N-ethyl adjacent to an activating group) is 1. The van der Waals surface area contributed by atoms with E-state index in [-0.39, 0.29) is 29.9 Å². The first-order chi connectivity index (χ1) is 17.0. The highest BCUT2D eigenvalue weighted by atomic mass is 16.2. The molecule has 184 valence electrons.